The smallest absolute Gasteiger partial charge is 0.0991 e. The molecule has 9 rings (SSSR count). The van der Waals surface area contributed by atoms with Crippen molar-refractivity contribution in [1.82, 2.24) is 14.5 Å². The quantitative estimate of drug-likeness (QED) is 0.194. The third-order valence-electron chi connectivity index (χ3n) is 9.32. The highest BCUT2D eigenvalue weighted by atomic mass is 32.2. The SMILES string of the molecule is N#Cc1ccc2c(c1)c1ccccc1n2-c1ccc2c(c1)CSCc1ccc(-c3cc(-c4cccnc4)cc(-c4cccnc4)c3)cc1-2. The van der Waals surface area contributed by atoms with Gasteiger partial charge in [-0.15, -0.1) is 0 Å². The van der Waals surface area contributed by atoms with Crippen molar-refractivity contribution in [3.05, 3.63) is 163 Å². The van der Waals surface area contributed by atoms with Crippen molar-refractivity contribution in [2.24, 2.45) is 0 Å². The zero-order valence-corrected chi connectivity index (χ0v) is 26.8. The Hall–Kier alpha value is -5.96. The summed E-state index contributed by atoms with van der Waals surface area (Å²) < 4.78 is 2.34. The molecular formula is C43H28N4S. The molecule has 0 bridgehead atoms. The Morgan fingerprint density at radius 3 is 1.98 bits per heavy atom. The zero-order valence-electron chi connectivity index (χ0n) is 26.0. The third-order valence-corrected chi connectivity index (χ3v) is 10.4. The standard InChI is InChI=1S/C43H28N4S/c44-23-28-9-14-43-41(17-28)39-7-1-2-8-42(39)47(43)37-12-13-38-36(21-37)27-48-26-32-11-10-29(22-40(32)38)33-18-34(30-5-3-15-45-24-30)20-35(19-33)31-6-4-16-46-25-31/h1-22,24-25H,26-27H2. The fourth-order valence-electron chi connectivity index (χ4n) is 7.02. The maximum Gasteiger partial charge on any atom is 0.0991 e. The van der Waals surface area contributed by atoms with Crippen LogP contribution in [0.15, 0.2) is 146 Å². The van der Waals surface area contributed by atoms with Gasteiger partial charge in [0.25, 0.3) is 0 Å². The van der Waals surface area contributed by atoms with E-state index in [1.807, 2.05) is 60.8 Å². The van der Waals surface area contributed by atoms with E-state index in [4.69, 9.17) is 0 Å². The van der Waals surface area contributed by atoms with Gasteiger partial charge in [0.15, 0.2) is 0 Å². The normalized spacial score (nSPS) is 12.3. The van der Waals surface area contributed by atoms with Crippen LogP contribution in [0.3, 0.4) is 0 Å². The van der Waals surface area contributed by atoms with E-state index in [0.717, 1.165) is 66.8 Å². The number of pyridine rings is 2. The molecule has 4 nitrogen and oxygen atoms in total. The predicted molar refractivity (Wildman–Crippen MR) is 198 cm³/mol. The molecule has 0 unspecified atom stereocenters. The Balaban J connectivity index is 1.18. The average molecular weight is 633 g/mol. The first-order chi connectivity index (χ1) is 23.7. The first-order valence-corrected chi connectivity index (χ1v) is 17.1. The van der Waals surface area contributed by atoms with Crippen molar-refractivity contribution in [3.63, 3.8) is 0 Å². The highest BCUT2D eigenvalue weighted by Gasteiger charge is 2.19. The number of nitriles is 1. The molecule has 3 aromatic heterocycles. The molecule has 0 fully saturated rings. The van der Waals surface area contributed by atoms with Gasteiger partial charge in [-0.1, -0.05) is 48.5 Å². The van der Waals surface area contributed by atoms with E-state index in [1.54, 1.807) is 0 Å². The fraction of sp³-hybridized carbons (Fsp3) is 0.0465. The topological polar surface area (TPSA) is 54.5 Å². The summed E-state index contributed by atoms with van der Waals surface area (Å²) in [4.78, 5) is 8.79. The summed E-state index contributed by atoms with van der Waals surface area (Å²) in [6, 6.07) is 45.6. The van der Waals surface area contributed by atoms with Crippen LogP contribution in [0.4, 0.5) is 0 Å². The van der Waals surface area contributed by atoms with Crippen molar-refractivity contribution in [1.29, 1.82) is 5.26 Å². The predicted octanol–water partition coefficient (Wildman–Crippen LogP) is 10.9. The summed E-state index contributed by atoms with van der Waals surface area (Å²) in [6.07, 6.45) is 7.48. The first-order valence-electron chi connectivity index (χ1n) is 16.0. The molecule has 0 amide bonds. The van der Waals surface area contributed by atoms with Crippen molar-refractivity contribution >= 4 is 33.6 Å². The molecule has 1 aliphatic rings. The Bertz CT molecular complexity index is 2490. The molecule has 5 aromatic carbocycles. The van der Waals surface area contributed by atoms with Crippen LogP contribution in [0.25, 0.3) is 72.0 Å². The number of benzene rings is 5. The summed E-state index contributed by atoms with van der Waals surface area (Å²) in [5, 5.41) is 11.8. The lowest BCUT2D eigenvalue weighted by atomic mass is 9.90. The Labute approximate surface area is 283 Å². The van der Waals surface area contributed by atoms with Gasteiger partial charge in [-0.2, -0.15) is 17.0 Å². The van der Waals surface area contributed by atoms with Crippen LogP contribution >= 0.6 is 11.8 Å². The number of para-hydroxylation sites is 1. The number of fused-ring (bicyclic) bond motifs is 6. The van der Waals surface area contributed by atoms with Crippen LogP contribution in [0.1, 0.15) is 16.7 Å². The summed E-state index contributed by atoms with van der Waals surface area (Å²) in [7, 11) is 0. The fourth-order valence-corrected chi connectivity index (χ4v) is 8.05. The van der Waals surface area contributed by atoms with E-state index in [1.165, 1.54) is 27.8 Å². The molecule has 0 spiro atoms. The number of rotatable bonds is 4. The number of thioether (sulfide) groups is 1. The summed E-state index contributed by atoms with van der Waals surface area (Å²) in [5.41, 5.74) is 16.1. The molecule has 4 heterocycles. The van der Waals surface area contributed by atoms with Gasteiger partial charge in [-0.05, 0) is 117 Å². The minimum Gasteiger partial charge on any atom is -0.309 e. The highest BCUT2D eigenvalue weighted by molar-refractivity contribution is 7.97. The molecule has 0 saturated carbocycles. The van der Waals surface area contributed by atoms with Crippen LogP contribution in [0.2, 0.25) is 0 Å². The van der Waals surface area contributed by atoms with Gasteiger partial charge in [-0.3, -0.25) is 9.97 Å². The van der Waals surface area contributed by atoms with E-state index < -0.39 is 0 Å². The maximum atomic E-state index is 9.59. The van der Waals surface area contributed by atoms with Gasteiger partial charge in [0.05, 0.1) is 22.7 Å². The van der Waals surface area contributed by atoms with E-state index in [-0.39, 0.29) is 0 Å². The lowest BCUT2D eigenvalue weighted by Gasteiger charge is -2.16. The molecule has 1 aliphatic heterocycles. The number of hydrogen-bond donors (Lipinski definition) is 0. The summed E-state index contributed by atoms with van der Waals surface area (Å²) >= 11 is 1.96. The maximum absolute atomic E-state index is 9.59. The molecule has 48 heavy (non-hydrogen) atoms. The van der Waals surface area contributed by atoms with Gasteiger partial charge in [0.2, 0.25) is 0 Å². The van der Waals surface area contributed by atoms with Crippen LogP contribution in [0.5, 0.6) is 0 Å². The molecule has 0 atom stereocenters. The van der Waals surface area contributed by atoms with Crippen LogP contribution in [-0.2, 0) is 11.5 Å². The molecular weight excluding hydrogens is 605 g/mol. The largest absolute Gasteiger partial charge is 0.309 e. The molecule has 5 heteroatoms. The van der Waals surface area contributed by atoms with E-state index in [0.29, 0.717) is 5.56 Å². The second-order valence-electron chi connectivity index (χ2n) is 12.2. The first kappa shape index (κ1) is 28.3. The van der Waals surface area contributed by atoms with Gasteiger partial charge < -0.3 is 4.57 Å². The zero-order chi connectivity index (χ0) is 32.0. The molecule has 226 valence electrons. The van der Waals surface area contributed by atoms with Gasteiger partial charge in [0, 0.05) is 63.9 Å². The van der Waals surface area contributed by atoms with Gasteiger partial charge in [-0.25, -0.2) is 0 Å². The van der Waals surface area contributed by atoms with E-state index in [9.17, 15) is 5.26 Å². The number of aromatic nitrogens is 3. The van der Waals surface area contributed by atoms with E-state index in [2.05, 4.69) is 118 Å². The van der Waals surface area contributed by atoms with Crippen molar-refractivity contribution in [2.75, 3.05) is 0 Å². The van der Waals surface area contributed by atoms with Gasteiger partial charge >= 0.3 is 0 Å². The number of nitrogens with zero attached hydrogens (tertiary/aromatic N) is 4. The molecule has 0 N–H and O–H groups in total. The molecule has 0 radical (unpaired) electrons. The van der Waals surface area contributed by atoms with Gasteiger partial charge in [0.1, 0.15) is 0 Å². The second kappa shape index (κ2) is 11.7. The van der Waals surface area contributed by atoms with Crippen LogP contribution in [0, 0.1) is 11.3 Å². The minimum absolute atomic E-state index is 0.676. The highest BCUT2D eigenvalue weighted by Crippen LogP contribution is 2.42. The molecule has 0 saturated heterocycles. The third kappa shape index (κ3) is 4.86. The Kier molecular flexibility index (Phi) is 6.88. The summed E-state index contributed by atoms with van der Waals surface area (Å²) in [6.45, 7) is 0. The van der Waals surface area contributed by atoms with Crippen LogP contribution in [-0.4, -0.2) is 14.5 Å². The number of hydrogen-bond acceptors (Lipinski definition) is 4. The molecule has 8 aromatic rings. The second-order valence-corrected chi connectivity index (χ2v) is 13.2. The molecule has 0 aliphatic carbocycles. The lowest BCUT2D eigenvalue weighted by Crippen LogP contribution is -1.97. The monoisotopic (exact) mass is 632 g/mol. The minimum atomic E-state index is 0.676. The Morgan fingerprint density at radius 2 is 1.25 bits per heavy atom. The van der Waals surface area contributed by atoms with Crippen molar-refractivity contribution < 1.29 is 0 Å². The lowest BCUT2D eigenvalue weighted by molar-refractivity contribution is 1.17. The van der Waals surface area contributed by atoms with Crippen molar-refractivity contribution in [2.45, 2.75) is 11.5 Å². The van der Waals surface area contributed by atoms with Crippen molar-refractivity contribution in [3.8, 4) is 56.3 Å². The van der Waals surface area contributed by atoms with Crippen LogP contribution < -0.4 is 0 Å². The average Bonchev–Trinajstić information content (AvgIpc) is 3.37. The Morgan fingerprint density at radius 1 is 0.542 bits per heavy atom. The van der Waals surface area contributed by atoms with E-state index >= 15 is 0 Å². The summed E-state index contributed by atoms with van der Waals surface area (Å²) in [5.74, 6) is 1.90.